The number of piperidine rings is 1. The summed E-state index contributed by atoms with van der Waals surface area (Å²) in [6.07, 6.45) is 8.72. The number of amides is 1. The fourth-order valence-corrected chi connectivity index (χ4v) is 4.92. The Balaban J connectivity index is 1.47. The van der Waals surface area contributed by atoms with E-state index in [0.717, 1.165) is 77.9 Å². The van der Waals surface area contributed by atoms with Gasteiger partial charge in [0.05, 0.1) is 12.2 Å². The number of carbonyl (C=O) groups excluding carboxylic acids is 1. The van der Waals surface area contributed by atoms with Gasteiger partial charge < -0.3 is 19.9 Å². The van der Waals surface area contributed by atoms with Crippen molar-refractivity contribution in [3.05, 3.63) is 22.7 Å². The second-order valence-corrected chi connectivity index (χ2v) is 8.60. The monoisotopic (exact) mass is 403 g/mol. The normalized spacial score (nSPS) is 27.4. The number of aromatic nitrogens is 2. The number of ether oxygens (including phenoxy) is 1. The molecule has 2 atom stereocenters. The van der Waals surface area contributed by atoms with Gasteiger partial charge in [-0.15, -0.1) is 0 Å². The van der Waals surface area contributed by atoms with Crippen LogP contribution in [-0.2, 0) is 9.53 Å². The molecule has 4 rings (SSSR count). The van der Waals surface area contributed by atoms with Crippen LogP contribution in [0.5, 0.6) is 0 Å². The van der Waals surface area contributed by atoms with E-state index in [1.165, 1.54) is 18.8 Å². The predicted octanol–water partition coefficient (Wildman–Crippen LogP) is 1.45. The Kier molecular flexibility index (Phi) is 6.82. The lowest BCUT2D eigenvalue weighted by Gasteiger charge is -2.37. The van der Waals surface area contributed by atoms with E-state index < -0.39 is 0 Å². The molecule has 0 saturated carbocycles. The Bertz CT molecular complexity index is 727. The molecule has 8 heteroatoms. The molecule has 0 aromatic carbocycles. The van der Waals surface area contributed by atoms with Gasteiger partial charge in [0.15, 0.2) is 0 Å². The fraction of sp³-hybridized carbons (Fsp3) is 0.762. The van der Waals surface area contributed by atoms with Crippen LogP contribution in [0.2, 0.25) is 0 Å². The van der Waals surface area contributed by atoms with E-state index in [9.17, 15) is 9.59 Å². The van der Waals surface area contributed by atoms with E-state index in [0.29, 0.717) is 17.8 Å². The van der Waals surface area contributed by atoms with Crippen LogP contribution in [0.3, 0.4) is 0 Å². The molecule has 1 aromatic heterocycles. The number of carbonyl (C=O) groups is 1. The number of nitrogens with one attached hydrogen (secondary N) is 2. The van der Waals surface area contributed by atoms with Crippen molar-refractivity contribution in [3.63, 3.8) is 0 Å². The van der Waals surface area contributed by atoms with Gasteiger partial charge in [0.25, 0.3) is 5.56 Å². The van der Waals surface area contributed by atoms with E-state index in [1.54, 1.807) is 0 Å². The molecule has 0 radical (unpaired) electrons. The largest absolute Gasteiger partial charge is 0.381 e. The Hall–Kier alpha value is -1.93. The second kappa shape index (κ2) is 9.71. The van der Waals surface area contributed by atoms with Crippen LogP contribution in [-0.4, -0.2) is 77.2 Å². The highest BCUT2D eigenvalue weighted by Gasteiger charge is 2.34. The van der Waals surface area contributed by atoms with Crippen LogP contribution in [0.25, 0.3) is 0 Å². The SMILES string of the molecule is O=C([C@@H]1CC[C@H](Nc2cc(=O)[nH]cn2)CN(C2CCOCC2)C1)N1CCCCC1. The average molecular weight is 404 g/mol. The summed E-state index contributed by atoms with van der Waals surface area (Å²) < 4.78 is 5.56. The van der Waals surface area contributed by atoms with Gasteiger partial charge in [0.2, 0.25) is 5.91 Å². The van der Waals surface area contributed by atoms with E-state index in [-0.39, 0.29) is 17.5 Å². The van der Waals surface area contributed by atoms with Crippen LogP contribution in [0.15, 0.2) is 17.2 Å². The third kappa shape index (κ3) is 5.36. The molecule has 3 saturated heterocycles. The van der Waals surface area contributed by atoms with E-state index >= 15 is 0 Å². The topological polar surface area (TPSA) is 90.6 Å². The number of rotatable bonds is 4. The minimum Gasteiger partial charge on any atom is -0.381 e. The van der Waals surface area contributed by atoms with Crippen molar-refractivity contribution in [2.45, 2.75) is 57.0 Å². The molecular weight excluding hydrogens is 370 g/mol. The number of H-pyrrole nitrogens is 1. The molecule has 3 aliphatic rings. The summed E-state index contributed by atoms with van der Waals surface area (Å²) in [7, 11) is 0. The average Bonchev–Trinajstić information content (AvgIpc) is 2.97. The number of hydrogen-bond donors (Lipinski definition) is 2. The first-order valence-corrected chi connectivity index (χ1v) is 11.1. The lowest BCUT2D eigenvalue weighted by Crippen LogP contribution is -2.48. The van der Waals surface area contributed by atoms with Crippen LogP contribution >= 0.6 is 0 Å². The quantitative estimate of drug-likeness (QED) is 0.791. The molecule has 0 spiro atoms. The zero-order chi connectivity index (χ0) is 20.1. The Morgan fingerprint density at radius 3 is 2.66 bits per heavy atom. The zero-order valence-electron chi connectivity index (χ0n) is 17.1. The molecule has 160 valence electrons. The van der Waals surface area contributed by atoms with Crippen molar-refractivity contribution in [1.29, 1.82) is 0 Å². The van der Waals surface area contributed by atoms with E-state index in [2.05, 4.69) is 25.1 Å². The van der Waals surface area contributed by atoms with Gasteiger partial charge in [-0.25, -0.2) is 4.98 Å². The third-order valence-corrected chi connectivity index (χ3v) is 6.53. The van der Waals surface area contributed by atoms with Gasteiger partial charge >= 0.3 is 0 Å². The minimum absolute atomic E-state index is 0.0508. The maximum Gasteiger partial charge on any atom is 0.252 e. The molecule has 2 N–H and O–H groups in total. The Labute approximate surface area is 172 Å². The van der Waals surface area contributed by atoms with Crippen LogP contribution in [0, 0.1) is 5.92 Å². The number of anilines is 1. The Morgan fingerprint density at radius 1 is 1.10 bits per heavy atom. The predicted molar refractivity (Wildman–Crippen MR) is 111 cm³/mol. The third-order valence-electron chi connectivity index (χ3n) is 6.53. The maximum absolute atomic E-state index is 13.2. The van der Waals surface area contributed by atoms with E-state index in [4.69, 9.17) is 4.74 Å². The van der Waals surface area contributed by atoms with Gasteiger partial charge in [-0.1, -0.05) is 0 Å². The van der Waals surface area contributed by atoms with Crippen molar-refractivity contribution in [2.75, 3.05) is 44.7 Å². The summed E-state index contributed by atoms with van der Waals surface area (Å²) in [5.41, 5.74) is -0.157. The molecule has 29 heavy (non-hydrogen) atoms. The first kappa shape index (κ1) is 20.3. The summed E-state index contributed by atoms with van der Waals surface area (Å²) in [4.78, 5) is 36.2. The molecule has 3 aliphatic heterocycles. The number of nitrogens with zero attached hydrogens (tertiary/aromatic N) is 3. The van der Waals surface area contributed by atoms with Crippen molar-refractivity contribution < 1.29 is 9.53 Å². The molecule has 1 amide bonds. The lowest BCUT2D eigenvalue weighted by atomic mass is 9.98. The van der Waals surface area contributed by atoms with Gasteiger partial charge in [-0.05, 0) is 44.9 Å². The number of likely N-dealkylation sites (tertiary alicyclic amines) is 2. The zero-order valence-corrected chi connectivity index (χ0v) is 17.1. The first-order chi connectivity index (χ1) is 14.2. The van der Waals surface area contributed by atoms with Gasteiger partial charge in [0.1, 0.15) is 5.82 Å². The molecule has 8 nitrogen and oxygen atoms in total. The standard InChI is InChI=1S/C21H33N5O3/c27-20-12-19(22-15-23-20)24-17-5-4-16(21(28)25-8-2-1-3-9-25)13-26(14-17)18-6-10-29-11-7-18/h12,15-18H,1-11,13-14H2,(H2,22,23,24,27)/t16-,17+/m1/s1. The summed E-state index contributed by atoms with van der Waals surface area (Å²) in [5, 5.41) is 3.44. The highest BCUT2D eigenvalue weighted by molar-refractivity contribution is 5.79. The van der Waals surface area contributed by atoms with Crippen LogP contribution in [0.4, 0.5) is 5.82 Å². The smallest absolute Gasteiger partial charge is 0.252 e. The fourth-order valence-electron chi connectivity index (χ4n) is 4.92. The van der Waals surface area contributed by atoms with Gasteiger partial charge in [-0.3, -0.25) is 14.5 Å². The number of hydrogen-bond acceptors (Lipinski definition) is 6. The number of aromatic amines is 1. The molecule has 0 aliphatic carbocycles. The summed E-state index contributed by atoms with van der Waals surface area (Å²) in [6.45, 7) is 5.08. The van der Waals surface area contributed by atoms with E-state index in [1.807, 2.05) is 0 Å². The molecule has 0 bridgehead atoms. The molecule has 1 aromatic rings. The van der Waals surface area contributed by atoms with Gasteiger partial charge in [0, 0.05) is 57.5 Å². The summed E-state index contributed by atoms with van der Waals surface area (Å²) in [6, 6.07) is 2.13. The van der Waals surface area contributed by atoms with Crippen molar-refractivity contribution in [2.24, 2.45) is 5.92 Å². The summed E-state index contributed by atoms with van der Waals surface area (Å²) >= 11 is 0. The highest BCUT2D eigenvalue weighted by atomic mass is 16.5. The lowest BCUT2D eigenvalue weighted by molar-refractivity contribution is -0.137. The van der Waals surface area contributed by atoms with Crippen LogP contribution in [0.1, 0.15) is 44.9 Å². The van der Waals surface area contributed by atoms with Crippen molar-refractivity contribution >= 4 is 11.7 Å². The molecule has 4 heterocycles. The first-order valence-electron chi connectivity index (χ1n) is 11.1. The minimum atomic E-state index is -0.157. The van der Waals surface area contributed by atoms with Gasteiger partial charge in [-0.2, -0.15) is 0 Å². The second-order valence-electron chi connectivity index (χ2n) is 8.60. The van der Waals surface area contributed by atoms with Crippen molar-refractivity contribution in [3.8, 4) is 0 Å². The highest BCUT2D eigenvalue weighted by Crippen LogP contribution is 2.26. The molecule has 3 fully saturated rings. The Morgan fingerprint density at radius 2 is 1.90 bits per heavy atom. The molecular formula is C21H33N5O3. The molecule has 0 unspecified atom stereocenters. The maximum atomic E-state index is 13.2. The summed E-state index contributed by atoms with van der Waals surface area (Å²) in [5.74, 6) is 0.984. The van der Waals surface area contributed by atoms with Crippen molar-refractivity contribution in [1.82, 2.24) is 19.8 Å². The van der Waals surface area contributed by atoms with Crippen LogP contribution < -0.4 is 10.9 Å².